The highest BCUT2D eigenvalue weighted by Gasteiger charge is 2.20. The number of rotatable bonds is 1. The van der Waals surface area contributed by atoms with Crippen LogP contribution in [0.25, 0.3) is 0 Å². The molecule has 0 unspecified atom stereocenters. The van der Waals surface area contributed by atoms with Gasteiger partial charge in [0.1, 0.15) is 0 Å². The Bertz CT molecular complexity index is 450. The second-order valence-electron chi connectivity index (χ2n) is 3.91. The number of pyridine rings is 1. The minimum atomic E-state index is -0.291. The number of H-pyrrole nitrogens is 1. The Hall–Kier alpha value is -1.29. The van der Waals surface area contributed by atoms with E-state index in [0.717, 1.165) is 25.9 Å². The van der Waals surface area contributed by atoms with Gasteiger partial charge in [0.2, 0.25) is 5.56 Å². The molecule has 5 heteroatoms. The molecule has 0 aliphatic carbocycles. The van der Waals surface area contributed by atoms with Crippen molar-refractivity contribution in [2.24, 2.45) is 0 Å². The van der Waals surface area contributed by atoms with Crippen molar-refractivity contribution in [1.82, 2.24) is 9.88 Å². The maximum absolute atomic E-state index is 12.1. The highest BCUT2D eigenvalue weighted by atomic mass is 35.5. The smallest absolute Gasteiger partial charge is 0.256 e. The minimum absolute atomic E-state index is 0.0963. The molecule has 2 heterocycles. The molecular formula is C11H13ClN2O2. The standard InChI is InChI=1S/C11H13ClN2O2/c12-9-6-10(15)13-7-8(9)11(16)14-4-2-1-3-5-14/h6-7H,1-5H2,(H,13,15). The zero-order chi connectivity index (χ0) is 11.5. The normalized spacial score (nSPS) is 16.2. The predicted octanol–water partition coefficient (Wildman–Crippen LogP) is 1.65. The first-order chi connectivity index (χ1) is 7.68. The molecule has 1 aromatic rings. The predicted molar refractivity (Wildman–Crippen MR) is 61.8 cm³/mol. The van der Waals surface area contributed by atoms with E-state index in [1.807, 2.05) is 0 Å². The molecular weight excluding hydrogens is 228 g/mol. The molecule has 1 saturated heterocycles. The zero-order valence-electron chi connectivity index (χ0n) is 8.83. The second kappa shape index (κ2) is 4.70. The molecule has 0 atom stereocenters. The average Bonchev–Trinajstić information content (AvgIpc) is 2.29. The molecule has 1 N–H and O–H groups in total. The van der Waals surface area contributed by atoms with Gasteiger partial charge in [0.05, 0.1) is 10.6 Å². The Balaban J connectivity index is 2.22. The van der Waals surface area contributed by atoms with Gasteiger partial charge in [-0.25, -0.2) is 0 Å². The number of nitrogens with zero attached hydrogens (tertiary/aromatic N) is 1. The molecule has 0 bridgehead atoms. The number of carbonyl (C=O) groups excluding carboxylic acids is 1. The van der Waals surface area contributed by atoms with Crippen molar-refractivity contribution < 1.29 is 4.79 Å². The fraction of sp³-hybridized carbons (Fsp3) is 0.455. The molecule has 1 aliphatic rings. The Morgan fingerprint density at radius 1 is 1.31 bits per heavy atom. The molecule has 4 nitrogen and oxygen atoms in total. The summed E-state index contributed by atoms with van der Waals surface area (Å²) in [5, 5.41) is 0.222. The Kier molecular flexibility index (Phi) is 3.29. The summed E-state index contributed by atoms with van der Waals surface area (Å²) in [4.78, 5) is 27.3. The van der Waals surface area contributed by atoms with Crippen molar-refractivity contribution in [3.8, 4) is 0 Å². The molecule has 86 valence electrons. The van der Waals surface area contributed by atoms with Crippen molar-refractivity contribution in [3.63, 3.8) is 0 Å². The molecule has 1 aliphatic heterocycles. The fourth-order valence-electron chi connectivity index (χ4n) is 1.88. The summed E-state index contributed by atoms with van der Waals surface area (Å²) < 4.78 is 0. The Labute approximate surface area is 98.2 Å². The van der Waals surface area contributed by atoms with Crippen molar-refractivity contribution in [1.29, 1.82) is 0 Å². The van der Waals surface area contributed by atoms with E-state index in [1.165, 1.54) is 18.7 Å². The molecule has 0 spiro atoms. The van der Waals surface area contributed by atoms with E-state index in [0.29, 0.717) is 5.56 Å². The van der Waals surface area contributed by atoms with Gasteiger partial charge in [0.25, 0.3) is 5.91 Å². The monoisotopic (exact) mass is 240 g/mol. The van der Waals surface area contributed by atoms with Crippen LogP contribution in [0.3, 0.4) is 0 Å². The maximum Gasteiger partial charge on any atom is 0.256 e. The quantitative estimate of drug-likeness (QED) is 0.812. The number of hydrogen-bond acceptors (Lipinski definition) is 2. The van der Waals surface area contributed by atoms with Gasteiger partial charge in [-0.1, -0.05) is 11.6 Å². The van der Waals surface area contributed by atoms with E-state index in [-0.39, 0.29) is 16.5 Å². The van der Waals surface area contributed by atoms with Gasteiger partial charge in [-0.2, -0.15) is 0 Å². The lowest BCUT2D eigenvalue weighted by molar-refractivity contribution is 0.0724. The van der Waals surface area contributed by atoms with Crippen LogP contribution in [0.15, 0.2) is 17.1 Å². The first-order valence-corrected chi connectivity index (χ1v) is 5.74. The summed E-state index contributed by atoms with van der Waals surface area (Å²) in [6.07, 6.45) is 4.63. The topological polar surface area (TPSA) is 53.2 Å². The van der Waals surface area contributed by atoms with Crippen LogP contribution in [-0.4, -0.2) is 28.9 Å². The Morgan fingerprint density at radius 2 is 2.00 bits per heavy atom. The summed E-state index contributed by atoms with van der Waals surface area (Å²) in [5.41, 5.74) is 0.0864. The number of halogens is 1. The van der Waals surface area contributed by atoms with Crippen molar-refractivity contribution in [2.45, 2.75) is 19.3 Å². The molecule has 1 amide bonds. The SMILES string of the molecule is O=C(c1c[nH]c(=O)cc1Cl)N1CCCCC1. The lowest BCUT2D eigenvalue weighted by atomic mass is 10.1. The van der Waals surface area contributed by atoms with Gasteiger partial charge in [-0.05, 0) is 19.3 Å². The number of aromatic amines is 1. The highest BCUT2D eigenvalue weighted by molar-refractivity contribution is 6.33. The number of aromatic nitrogens is 1. The van der Waals surface area contributed by atoms with Crippen LogP contribution in [0.4, 0.5) is 0 Å². The molecule has 0 aromatic carbocycles. The van der Waals surface area contributed by atoms with Gasteiger partial charge in [0, 0.05) is 25.4 Å². The van der Waals surface area contributed by atoms with Crippen LogP contribution < -0.4 is 5.56 Å². The summed E-state index contributed by atoms with van der Waals surface area (Å²) >= 11 is 5.88. The molecule has 2 rings (SSSR count). The lowest BCUT2D eigenvalue weighted by Gasteiger charge is -2.26. The first kappa shape index (κ1) is 11.2. The van der Waals surface area contributed by atoms with E-state index in [4.69, 9.17) is 11.6 Å². The molecule has 16 heavy (non-hydrogen) atoms. The van der Waals surface area contributed by atoms with E-state index in [9.17, 15) is 9.59 Å². The third-order valence-electron chi connectivity index (χ3n) is 2.75. The number of nitrogens with one attached hydrogen (secondary N) is 1. The number of hydrogen-bond donors (Lipinski definition) is 1. The summed E-state index contributed by atoms with van der Waals surface area (Å²) in [6, 6.07) is 1.23. The van der Waals surface area contributed by atoms with E-state index in [1.54, 1.807) is 4.90 Å². The third kappa shape index (κ3) is 2.27. The van der Waals surface area contributed by atoms with Crippen LogP contribution in [0.5, 0.6) is 0 Å². The lowest BCUT2D eigenvalue weighted by Crippen LogP contribution is -2.36. The molecule has 1 fully saturated rings. The number of piperidine rings is 1. The largest absolute Gasteiger partial charge is 0.339 e. The highest BCUT2D eigenvalue weighted by Crippen LogP contribution is 2.17. The minimum Gasteiger partial charge on any atom is -0.339 e. The van der Waals surface area contributed by atoms with E-state index in [2.05, 4.69) is 4.98 Å². The second-order valence-corrected chi connectivity index (χ2v) is 4.32. The summed E-state index contributed by atoms with van der Waals surface area (Å²) in [5.74, 6) is -0.0963. The maximum atomic E-state index is 12.1. The number of amides is 1. The van der Waals surface area contributed by atoms with Gasteiger partial charge < -0.3 is 9.88 Å². The number of carbonyl (C=O) groups is 1. The fourth-order valence-corrected chi connectivity index (χ4v) is 2.11. The van der Waals surface area contributed by atoms with Crippen LogP contribution in [0.2, 0.25) is 5.02 Å². The van der Waals surface area contributed by atoms with Gasteiger partial charge in [0.15, 0.2) is 0 Å². The van der Waals surface area contributed by atoms with Crippen molar-refractivity contribution in [3.05, 3.63) is 33.2 Å². The van der Waals surface area contributed by atoms with Gasteiger partial charge in [-0.15, -0.1) is 0 Å². The van der Waals surface area contributed by atoms with Crippen LogP contribution in [0, 0.1) is 0 Å². The molecule has 0 saturated carbocycles. The van der Waals surface area contributed by atoms with Gasteiger partial charge in [-0.3, -0.25) is 9.59 Å². The van der Waals surface area contributed by atoms with Crippen molar-refractivity contribution in [2.75, 3.05) is 13.1 Å². The zero-order valence-corrected chi connectivity index (χ0v) is 9.59. The first-order valence-electron chi connectivity index (χ1n) is 5.36. The number of likely N-dealkylation sites (tertiary alicyclic amines) is 1. The van der Waals surface area contributed by atoms with E-state index < -0.39 is 0 Å². The van der Waals surface area contributed by atoms with E-state index >= 15 is 0 Å². The molecule has 0 radical (unpaired) electrons. The molecule has 1 aromatic heterocycles. The van der Waals surface area contributed by atoms with Crippen molar-refractivity contribution >= 4 is 17.5 Å². The van der Waals surface area contributed by atoms with Crippen LogP contribution >= 0.6 is 11.6 Å². The van der Waals surface area contributed by atoms with Crippen LogP contribution in [-0.2, 0) is 0 Å². The van der Waals surface area contributed by atoms with Crippen LogP contribution in [0.1, 0.15) is 29.6 Å². The average molecular weight is 241 g/mol. The summed E-state index contributed by atoms with van der Waals surface area (Å²) in [6.45, 7) is 1.54. The third-order valence-corrected chi connectivity index (χ3v) is 3.06. The summed E-state index contributed by atoms with van der Waals surface area (Å²) in [7, 11) is 0. The van der Waals surface area contributed by atoms with Gasteiger partial charge >= 0.3 is 0 Å². The Morgan fingerprint density at radius 3 is 2.62 bits per heavy atom.